The molecule has 0 radical (unpaired) electrons. The third-order valence-corrected chi connectivity index (χ3v) is 5.76. The Morgan fingerprint density at radius 1 is 1.11 bits per heavy atom. The zero-order chi connectivity index (χ0) is 19.7. The van der Waals surface area contributed by atoms with Crippen LogP contribution in [-0.2, 0) is 4.79 Å². The zero-order valence-corrected chi connectivity index (χ0v) is 16.1. The smallest absolute Gasteiger partial charge is 0.261 e. The zero-order valence-electron chi connectivity index (χ0n) is 16.1. The van der Waals surface area contributed by atoms with Crippen molar-refractivity contribution >= 4 is 28.5 Å². The molecule has 3 amide bonds. The summed E-state index contributed by atoms with van der Waals surface area (Å²) in [6.45, 7) is 2.77. The van der Waals surface area contributed by atoms with Crippen molar-refractivity contribution in [2.45, 2.75) is 19.3 Å². The molecule has 2 aromatic carbocycles. The van der Waals surface area contributed by atoms with Crippen molar-refractivity contribution in [2.24, 2.45) is 5.92 Å². The molecule has 1 unspecified atom stereocenters. The Morgan fingerprint density at radius 3 is 2.43 bits per heavy atom. The van der Waals surface area contributed by atoms with Crippen LogP contribution in [0, 0.1) is 5.92 Å². The molecule has 0 spiro atoms. The van der Waals surface area contributed by atoms with Crippen molar-refractivity contribution in [3.05, 3.63) is 47.5 Å². The molecule has 1 saturated heterocycles. The Morgan fingerprint density at radius 2 is 1.79 bits per heavy atom. The van der Waals surface area contributed by atoms with Crippen molar-refractivity contribution in [1.29, 1.82) is 0 Å². The van der Waals surface area contributed by atoms with E-state index in [-0.39, 0.29) is 24.3 Å². The van der Waals surface area contributed by atoms with Gasteiger partial charge in [0.25, 0.3) is 11.8 Å². The molecule has 0 aliphatic carbocycles. The summed E-state index contributed by atoms with van der Waals surface area (Å²) >= 11 is 0. The molecular weight excluding hydrogens is 354 g/mol. The largest absolute Gasteiger partial charge is 0.342 e. The van der Waals surface area contributed by atoms with E-state index in [1.165, 1.54) is 4.90 Å². The molecule has 1 atom stereocenters. The number of amides is 3. The quantitative estimate of drug-likeness (QED) is 0.782. The highest BCUT2D eigenvalue weighted by molar-refractivity contribution is 6.25. The van der Waals surface area contributed by atoms with Gasteiger partial charge < -0.3 is 10.2 Å². The van der Waals surface area contributed by atoms with Crippen molar-refractivity contribution in [3.63, 3.8) is 0 Å². The van der Waals surface area contributed by atoms with Gasteiger partial charge in [-0.1, -0.05) is 24.3 Å². The Labute approximate surface area is 164 Å². The number of hydrogen-bond acceptors (Lipinski definition) is 4. The number of carbonyl (C=O) groups excluding carboxylic acids is 3. The summed E-state index contributed by atoms with van der Waals surface area (Å²) in [4.78, 5) is 41.4. The number of nitrogens with zero attached hydrogens (tertiary/aromatic N) is 2. The fraction of sp³-hybridized carbons (Fsp3) is 0.409. The molecule has 2 aliphatic rings. The van der Waals surface area contributed by atoms with E-state index in [1.807, 2.05) is 36.2 Å². The summed E-state index contributed by atoms with van der Waals surface area (Å²) in [5.41, 5.74) is 1.13. The van der Waals surface area contributed by atoms with E-state index >= 15 is 0 Å². The van der Waals surface area contributed by atoms with E-state index in [4.69, 9.17) is 0 Å². The third-order valence-electron chi connectivity index (χ3n) is 5.76. The standard InChI is InChI=1S/C22H25N3O3/c1-23-13-15-10-12-24(14-15)19(26)9-4-11-25-21(27)17-7-2-5-16-6-3-8-18(20(16)17)22(25)28/h2-3,5-8,15,23H,4,9-14H2,1H3. The van der Waals surface area contributed by atoms with Gasteiger partial charge in [0, 0.05) is 42.6 Å². The van der Waals surface area contributed by atoms with Gasteiger partial charge in [0.15, 0.2) is 0 Å². The predicted molar refractivity (Wildman–Crippen MR) is 107 cm³/mol. The fourth-order valence-corrected chi connectivity index (χ4v) is 4.34. The number of benzene rings is 2. The van der Waals surface area contributed by atoms with Gasteiger partial charge in [-0.15, -0.1) is 0 Å². The van der Waals surface area contributed by atoms with Crippen molar-refractivity contribution in [1.82, 2.24) is 15.1 Å². The molecule has 2 aromatic rings. The van der Waals surface area contributed by atoms with Gasteiger partial charge in [-0.2, -0.15) is 0 Å². The predicted octanol–water partition coefficient (Wildman–Crippen LogP) is 2.28. The van der Waals surface area contributed by atoms with Crippen LogP contribution in [0.15, 0.2) is 36.4 Å². The lowest BCUT2D eigenvalue weighted by molar-refractivity contribution is -0.130. The van der Waals surface area contributed by atoms with Crippen LogP contribution in [0.4, 0.5) is 0 Å². The number of rotatable bonds is 6. The highest BCUT2D eigenvalue weighted by Crippen LogP contribution is 2.30. The molecule has 1 N–H and O–H groups in total. The van der Waals surface area contributed by atoms with Crippen LogP contribution >= 0.6 is 0 Å². The van der Waals surface area contributed by atoms with Gasteiger partial charge in [-0.25, -0.2) is 0 Å². The van der Waals surface area contributed by atoms with Crippen LogP contribution in [0.2, 0.25) is 0 Å². The second-order valence-corrected chi connectivity index (χ2v) is 7.63. The summed E-state index contributed by atoms with van der Waals surface area (Å²) in [6.07, 6.45) is 1.87. The fourth-order valence-electron chi connectivity index (χ4n) is 4.34. The Hall–Kier alpha value is -2.73. The van der Waals surface area contributed by atoms with Crippen molar-refractivity contribution in [2.75, 3.05) is 33.2 Å². The summed E-state index contributed by atoms with van der Waals surface area (Å²) < 4.78 is 0. The summed E-state index contributed by atoms with van der Waals surface area (Å²) in [7, 11) is 1.93. The first-order valence-corrected chi connectivity index (χ1v) is 9.90. The first-order valence-electron chi connectivity index (χ1n) is 9.90. The average molecular weight is 379 g/mol. The van der Waals surface area contributed by atoms with Gasteiger partial charge in [0.05, 0.1) is 0 Å². The maximum absolute atomic E-state index is 12.9. The van der Waals surface area contributed by atoms with Crippen molar-refractivity contribution in [3.8, 4) is 0 Å². The van der Waals surface area contributed by atoms with E-state index in [9.17, 15) is 14.4 Å². The van der Waals surface area contributed by atoms with Gasteiger partial charge in [0.1, 0.15) is 0 Å². The second kappa shape index (κ2) is 7.72. The molecule has 6 heteroatoms. The number of imide groups is 1. The molecule has 6 nitrogen and oxygen atoms in total. The summed E-state index contributed by atoms with van der Waals surface area (Å²) in [6, 6.07) is 11.0. The van der Waals surface area contributed by atoms with E-state index in [0.717, 1.165) is 36.8 Å². The molecule has 146 valence electrons. The highest BCUT2D eigenvalue weighted by atomic mass is 16.2. The monoisotopic (exact) mass is 379 g/mol. The van der Waals surface area contributed by atoms with Gasteiger partial charge >= 0.3 is 0 Å². The van der Waals surface area contributed by atoms with E-state index in [1.54, 1.807) is 12.1 Å². The lowest BCUT2D eigenvalue weighted by Crippen LogP contribution is -2.41. The average Bonchev–Trinajstić information content (AvgIpc) is 3.17. The van der Waals surface area contributed by atoms with Crippen LogP contribution in [0.25, 0.3) is 10.8 Å². The number of likely N-dealkylation sites (tertiary alicyclic amines) is 1. The van der Waals surface area contributed by atoms with Crippen LogP contribution in [0.5, 0.6) is 0 Å². The number of hydrogen-bond donors (Lipinski definition) is 1. The molecule has 1 fully saturated rings. The lowest BCUT2D eigenvalue weighted by Gasteiger charge is -2.27. The van der Waals surface area contributed by atoms with E-state index in [2.05, 4.69) is 5.32 Å². The first kappa shape index (κ1) is 18.6. The van der Waals surface area contributed by atoms with Crippen LogP contribution < -0.4 is 5.32 Å². The topological polar surface area (TPSA) is 69.7 Å². The van der Waals surface area contributed by atoms with Gasteiger partial charge in [-0.3, -0.25) is 19.3 Å². The second-order valence-electron chi connectivity index (χ2n) is 7.63. The number of nitrogens with one attached hydrogen (secondary N) is 1. The summed E-state index contributed by atoms with van der Waals surface area (Å²) in [5, 5.41) is 4.80. The molecule has 0 bridgehead atoms. The minimum atomic E-state index is -0.267. The molecule has 2 heterocycles. The molecule has 2 aliphatic heterocycles. The molecule has 0 aromatic heterocycles. The molecule has 4 rings (SSSR count). The third kappa shape index (κ3) is 3.29. The van der Waals surface area contributed by atoms with Gasteiger partial charge in [0.2, 0.25) is 5.91 Å². The molecule has 0 saturated carbocycles. The van der Waals surface area contributed by atoms with Gasteiger partial charge in [-0.05, 0) is 49.9 Å². The van der Waals surface area contributed by atoms with Crippen LogP contribution in [-0.4, -0.2) is 60.7 Å². The lowest BCUT2D eigenvalue weighted by atomic mass is 9.94. The first-order chi connectivity index (χ1) is 13.6. The summed E-state index contributed by atoms with van der Waals surface area (Å²) in [5.74, 6) is 0.0863. The molecular formula is C22H25N3O3. The maximum Gasteiger partial charge on any atom is 0.261 e. The molecule has 28 heavy (non-hydrogen) atoms. The maximum atomic E-state index is 12.9. The normalized spacial score (nSPS) is 19.0. The van der Waals surface area contributed by atoms with Crippen molar-refractivity contribution < 1.29 is 14.4 Å². The minimum absolute atomic E-state index is 0.109. The number of carbonyl (C=O) groups is 3. The Bertz CT molecular complexity index is 889. The Kier molecular flexibility index (Phi) is 5.13. The van der Waals surface area contributed by atoms with E-state index < -0.39 is 0 Å². The minimum Gasteiger partial charge on any atom is -0.342 e. The Balaban J connectivity index is 1.40. The van der Waals surface area contributed by atoms with Crippen LogP contribution in [0.1, 0.15) is 40.0 Å². The SMILES string of the molecule is CNCC1CCN(C(=O)CCCN2C(=O)c3cccc4cccc(c34)C2=O)C1. The van der Waals surface area contributed by atoms with E-state index in [0.29, 0.717) is 29.9 Å². The highest BCUT2D eigenvalue weighted by Gasteiger charge is 2.32. The van der Waals surface area contributed by atoms with Crippen LogP contribution in [0.3, 0.4) is 0 Å².